The predicted molar refractivity (Wildman–Crippen MR) is 67.2 cm³/mol. The second kappa shape index (κ2) is 5.03. The summed E-state index contributed by atoms with van der Waals surface area (Å²) in [5.41, 5.74) is 1.12. The second-order valence-corrected chi connectivity index (χ2v) is 6.53. The molecule has 4 heteroatoms. The van der Waals surface area contributed by atoms with E-state index < -0.39 is 0 Å². The van der Waals surface area contributed by atoms with Crippen LogP contribution in [0.4, 0.5) is 0 Å². The fraction of sp³-hybridized carbons (Fsp3) is 0.727. The lowest BCUT2D eigenvalue weighted by Crippen LogP contribution is -2.22. The molecule has 1 heterocycles. The van der Waals surface area contributed by atoms with Gasteiger partial charge in [0.25, 0.3) is 0 Å². The quantitative estimate of drug-likeness (QED) is 0.855. The minimum absolute atomic E-state index is 0.309. The number of hydrogen-bond acceptors (Lipinski definition) is 3. The Morgan fingerprint density at radius 1 is 1.53 bits per heavy atom. The fourth-order valence-electron chi connectivity index (χ4n) is 1.27. The summed E-state index contributed by atoms with van der Waals surface area (Å²) in [5.74, 6) is 1.05. The number of rotatable bonds is 4. The molecule has 0 aromatic carbocycles. The van der Waals surface area contributed by atoms with Crippen LogP contribution in [-0.2, 0) is 7.05 Å². The average Bonchev–Trinajstić information content (AvgIpc) is 2.51. The lowest BCUT2D eigenvalue weighted by molar-refractivity contribution is 0.616. The molecule has 15 heavy (non-hydrogen) atoms. The minimum Gasteiger partial charge on any atom is -0.311 e. The lowest BCUT2D eigenvalue weighted by atomic mass is 10.2. The number of aromatic nitrogens is 2. The molecule has 3 nitrogen and oxygen atoms in total. The summed E-state index contributed by atoms with van der Waals surface area (Å²) >= 11 is 1.96. The van der Waals surface area contributed by atoms with Gasteiger partial charge in [0.1, 0.15) is 0 Å². The first-order valence-corrected chi connectivity index (χ1v) is 6.22. The molecule has 1 rings (SSSR count). The Labute approximate surface area is 96.6 Å². The maximum Gasteiger partial charge on any atom is 0.0802 e. The average molecular weight is 227 g/mol. The van der Waals surface area contributed by atoms with E-state index in [1.54, 1.807) is 0 Å². The zero-order chi connectivity index (χ0) is 11.5. The molecular weight excluding hydrogens is 206 g/mol. The van der Waals surface area contributed by atoms with Crippen molar-refractivity contribution >= 4 is 11.8 Å². The molecule has 0 saturated carbocycles. The molecule has 0 bridgehead atoms. The summed E-state index contributed by atoms with van der Waals surface area (Å²) in [6.07, 6.45) is 1.99. The molecule has 0 fully saturated rings. The number of aryl methyl sites for hydroxylation is 1. The highest BCUT2D eigenvalue weighted by Gasteiger charge is 2.17. The monoisotopic (exact) mass is 227 g/mol. The van der Waals surface area contributed by atoms with Crippen LogP contribution in [0.25, 0.3) is 0 Å². The van der Waals surface area contributed by atoms with Crippen LogP contribution in [0.15, 0.2) is 12.3 Å². The van der Waals surface area contributed by atoms with Crippen molar-refractivity contribution in [2.45, 2.75) is 31.6 Å². The van der Waals surface area contributed by atoms with Crippen molar-refractivity contribution in [3.05, 3.63) is 18.0 Å². The summed E-state index contributed by atoms with van der Waals surface area (Å²) < 4.78 is 2.16. The van der Waals surface area contributed by atoms with Gasteiger partial charge < -0.3 is 5.32 Å². The second-order valence-electron chi connectivity index (χ2n) is 4.68. The van der Waals surface area contributed by atoms with Gasteiger partial charge in [-0.05, 0) is 13.1 Å². The van der Waals surface area contributed by atoms with Gasteiger partial charge in [0.15, 0.2) is 0 Å². The number of hydrogen-bond donors (Lipinski definition) is 1. The first-order chi connectivity index (χ1) is 6.92. The maximum absolute atomic E-state index is 4.42. The zero-order valence-electron chi connectivity index (χ0n) is 10.2. The largest absolute Gasteiger partial charge is 0.311 e. The van der Waals surface area contributed by atoms with E-state index in [1.165, 1.54) is 0 Å². The third-order valence-corrected chi connectivity index (χ3v) is 3.49. The Hall–Kier alpha value is -0.480. The van der Waals surface area contributed by atoms with Crippen molar-refractivity contribution < 1.29 is 0 Å². The highest BCUT2D eigenvalue weighted by atomic mass is 32.2. The van der Waals surface area contributed by atoms with Crippen molar-refractivity contribution in [1.29, 1.82) is 0 Å². The Balaban J connectivity index is 2.57. The lowest BCUT2D eigenvalue weighted by Gasteiger charge is -2.21. The smallest absolute Gasteiger partial charge is 0.0802 e. The topological polar surface area (TPSA) is 29.9 Å². The molecule has 0 saturated heterocycles. The van der Waals surface area contributed by atoms with E-state index in [9.17, 15) is 0 Å². The van der Waals surface area contributed by atoms with Crippen LogP contribution in [0.5, 0.6) is 0 Å². The summed E-state index contributed by atoms with van der Waals surface area (Å²) in [4.78, 5) is 0. The summed E-state index contributed by atoms with van der Waals surface area (Å²) in [6.45, 7) is 6.72. The predicted octanol–water partition coefficient (Wildman–Crippen LogP) is 2.21. The highest BCUT2D eigenvalue weighted by molar-refractivity contribution is 8.00. The third kappa shape index (κ3) is 4.26. The van der Waals surface area contributed by atoms with Crippen LogP contribution >= 0.6 is 11.8 Å². The molecule has 1 aromatic heterocycles. The normalized spacial score (nSPS) is 14.2. The van der Waals surface area contributed by atoms with E-state index in [-0.39, 0.29) is 0 Å². The Bertz CT molecular complexity index is 301. The fourth-order valence-corrected chi connectivity index (χ4v) is 2.27. The van der Waals surface area contributed by atoms with Crippen molar-refractivity contribution in [1.82, 2.24) is 15.1 Å². The van der Waals surface area contributed by atoms with Gasteiger partial charge >= 0.3 is 0 Å². The molecule has 0 radical (unpaired) electrons. The third-order valence-electron chi connectivity index (χ3n) is 2.12. The van der Waals surface area contributed by atoms with E-state index in [4.69, 9.17) is 0 Å². The van der Waals surface area contributed by atoms with E-state index in [0.717, 1.165) is 11.4 Å². The van der Waals surface area contributed by atoms with E-state index >= 15 is 0 Å². The zero-order valence-corrected chi connectivity index (χ0v) is 11.1. The minimum atomic E-state index is 0.309. The van der Waals surface area contributed by atoms with Crippen LogP contribution in [0, 0.1) is 0 Å². The Kier molecular flexibility index (Phi) is 4.22. The summed E-state index contributed by atoms with van der Waals surface area (Å²) in [5, 5.41) is 7.73. The Morgan fingerprint density at radius 3 is 2.60 bits per heavy atom. The van der Waals surface area contributed by atoms with Gasteiger partial charge in [-0.15, -0.1) is 0 Å². The molecule has 0 aliphatic carbocycles. The molecule has 0 amide bonds. The van der Waals surface area contributed by atoms with Gasteiger partial charge in [0.05, 0.1) is 11.7 Å². The summed E-state index contributed by atoms with van der Waals surface area (Å²) in [7, 11) is 3.94. The molecule has 1 aromatic rings. The molecule has 0 aliphatic rings. The molecule has 1 atom stereocenters. The van der Waals surface area contributed by atoms with Crippen molar-refractivity contribution in [2.75, 3.05) is 12.8 Å². The van der Waals surface area contributed by atoms with Crippen molar-refractivity contribution in [3.8, 4) is 0 Å². The van der Waals surface area contributed by atoms with Crippen LogP contribution in [0.1, 0.15) is 32.5 Å². The molecule has 1 N–H and O–H groups in total. The van der Waals surface area contributed by atoms with Gasteiger partial charge in [-0.3, -0.25) is 4.68 Å². The van der Waals surface area contributed by atoms with Gasteiger partial charge in [-0.25, -0.2) is 0 Å². The molecule has 0 spiro atoms. The Morgan fingerprint density at radius 2 is 2.20 bits per heavy atom. The van der Waals surface area contributed by atoms with Crippen LogP contribution in [0.2, 0.25) is 0 Å². The number of thioether (sulfide) groups is 1. The maximum atomic E-state index is 4.42. The summed E-state index contributed by atoms with van der Waals surface area (Å²) in [6, 6.07) is 2.42. The van der Waals surface area contributed by atoms with E-state index in [2.05, 4.69) is 37.3 Å². The van der Waals surface area contributed by atoms with Gasteiger partial charge in [-0.2, -0.15) is 16.9 Å². The molecule has 86 valence electrons. The molecule has 0 aliphatic heterocycles. The van der Waals surface area contributed by atoms with Gasteiger partial charge in [-0.1, -0.05) is 20.8 Å². The van der Waals surface area contributed by atoms with Gasteiger partial charge in [0, 0.05) is 23.7 Å². The molecule has 1 unspecified atom stereocenters. The van der Waals surface area contributed by atoms with Crippen LogP contribution in [0.3, 0.4) is 0 Å². The number of nitrogens with zero attached hydrogens (tertiary/aromatic N) is 2. The first kappa shape index (κ1) is 12.6. The van der Waals surface area contributed by atoms with Crippen molar-refractivity contribution in [3.63, 3.8) is 0 Å². The highest BCUT2D eigenvalue weighted by Crippen LogP contribution is 2.27. The number of nitrogens with one attached hydrogen (secondary N) is 1. The van der Waals surface area contributed by atoms with Gasteiger partial charge in [0.2, 0.25) is 0 Å². The van der Waals surface area contributed by atoms with E-state index in [1.807, 2.05) is 36.7 Å². The van der Waals surface area contributed by atoms with Crippen LogP contribution < -0.4 is 5.32 Å². The SMILES string of the molecule is CNC(CSC(C)(C)C)c1ccn(C)n1. The standard InChI is InChI=1S/C11H21N3S/c1-11(2,3)15-8-10(12-4)9-6-7-14(5)13-9/h6-7,10,12H,8H2,1-5H3. The van der Waals surface area contributed by atoms with Crippen molar-refractivity contribution in [2.24, 2.45) is 7.05 Å². The first-order valence-electron chi connectivity index (χ1n) is 5.23. The van der Waals surface area contributed by atoms with Crippen LogP contribution in [-0.4, -0.2) is 27.3 Å². The van der Waals surface area contributed by atoms with E-state index in [0.29, 0.717) is 10.8 Å². The molecular formula is C11H21N3S.